The molecule has 0 aliphatic rings. The third kappa shape index (κ3) is 3.99. The van der Waals surface area contributed by atoms with Crippen molar-refractivity contribution in [2.24, 2.45) is 5.10 Å². The number of rotatable bonds is 6. The number of non-ortho nitro benzene ring substituents is 1. The summed E-state index contributed by atoms with van der Waals surface area (Å²) in [6.07, 6.45) is 0. The van der Waals surface area contributed by atoms with Crippen molar-refractivity contribution < 1.29 is 14.5 Å². The number of carbonyl (C=O) groups is 1. The molecule has 0 radical (unpaired) electrons. The van der Waals surface area contributed by atoms with Gasteiger partial charge in [0, 0.05) is 17.7 Å². The molecule has 9 nitrogen and oxygen atoms in total. The van der Waals surface area contributed by atoms with E-state index in [9.17, 15) is 14.9 Å². The second-order valence-electron chi connectivity index (χ2n) is 4.84. The minimum Gasteiger partial charge on any atom is -0.497 e. The molecule has 0 saturated carbocycles. The minimum absolute atomic E-state index is 0.0443. The fourth-order valence-electron chi connectivity index (χ4n) is 1.96. The largest absolute Gasteiger partial charge is 0.497 e. The van der Waals surface area contributed by atoms with Crippen molar-refractivity contribution in [1.82, 2.24) is 0 Å². The Balaban J connectivity index is 2.27. The van der Waals surface area contributed by atoms with Gasteiger partial charge in [-0.05, 0) is 30.3 Å². The topological polar surface area (TPSA) is 141 Å². The number of nitro benzene ring substituents is 1. The summed E-state index contributed by atoms with van der Waals surface area (Å²) < 4.78 is 5.00. The predicted molar refractivity (Wildman–Crippen MR) is 91.8 cm³/mol. The lowest BCUT2D eigenvalue weighted by molar-refractivity contribution is -0.384. The van der Waals surface area contributed by atoms with Crippen LogP contribution in [-0.4, -0.2) is 23.5 Å². The first-order valence-corrected chi connectivity index (χ1v) is 7.11. The van der Waals surface area contributed by atoms with E-state index in [1.165, 1.54) is 31.4 Å². The third-order valence-corrected chi connectivity index (χ3v) is 3.30. The van der Waals surface area contributed by atoms with E-state index < -0.39 is 16.4 Å². The molecule has 0 aliphatic heterocycles. The molecule has 26 heavy (non-hydrogen) atoms. The quantitative estimate of drug-likeness (QED) is 0.365. The van der Waals surface area contributed by atoms with Crippen molar-refractivity contribution >= 4 is 22.9 Å². The van der Waals surface area contributed by atoms with E-state index in [-0.39, 0.29) is 22.5 Å². The Morgan fingerprint density at radius 2 is 1.92 bits per heavy atom. The second-order valence-corrected chi connectivity index (χ2v) is 4.84. The molecular weight excluding hydrogens is 338 g/mol. The van der Waals surface area contributed by atoms with Crippen LogP contribution in [-0.2, 0) is 0 Å². The van der Waals surface area contributed by atoms with E-state index in [2.05, 4.69) is 10.5 Å². The van der Waals surface area contributed by atoms with Gasteiger partial charge in [-0.3, -0.25) is 20.3 Å². The summed E-state index contributed by atoms with van der Waals surface area (Å²) in [5, 5.41) is 32.7. The highest BCUT2D eigenvalue weighted by atomic mass is 16.6. The van der Waals surface area contributed by atoms with Crippen LogP contribution in [0.1, 0.15) is 15.9 Å². The number of methoxy groups -OCH3 is 1. The summed E-state index contributed by atoms with van der Waals surface area (Å²) in [6, 6.07) is 13.1. The van der Waals surface area contributed by atoms with Crippen LogP contribution >= 0.6 is 0 Å². The maximum absolute atomic E-state index is 12.3. The average Bonchev–Trinajstić information content (AvgIpc) is 2.68. The lowest BCUT2D eigenvalue weighted by Crippen LogP contribution is -2.14. The summed E-state index contributed by atoms with van der Waals surface area (Å²) >= 11 is 0. The molecule has 2 aromatic carbocycles. The van der Waals surface area contributed by atoms with Crippen molar-refractivity contribution in [2.45, 2.75) is 0 Å². The summed E-state index contributed by atoms with van der Waals surface area (Å²) in [4.78, 5) is 22.4. The van der Waals surface area contributed by atoms with Crippen molar-refractivity contribution in [3.63, 3.8) is 0 Å². The van der Waals surface area contributed by atoms with Gasteiger partial charge in [-0.2, -0.15) is 15.6 Å². The molecule has 0 unspecified atom stereocenters. The Labute approximate surface area is 147 Å². The van der Waals surface area contributed by atoms with Gasteiger partial charge in [0.2, 0.25) is 11.5 Å². The first-order chi connectivity index (χ1) is 12.5. The molecule has 0 aromatic heterocycles. The van der Waals surface area contributed by atoms with Crippen LogP contribution in [0.25, 0.3) is 0 Å². The fourth-order valence-corrected chi connectivity index (χ4v) is 1.96. The van der Waals surface area contributed by atoms with Crippen molar-refractivity contribution in [3.05, 3.63) is 63.7 Å². The number of nitro groups is 1. The first kappa shape index (κ1) is 18.1. The smallest absolute Gasteiger partial charge is 0.270 e. The molecule has 0 saturated heterocycles. The van der Waals surface area contributed by atoms with E-state index in [0.717, 1.165) is 6.07 Å². The third-order valence-electron chi connectivity index (χ3n) is 3.30. The molecule has 0 amide bonds. The van der Waals surface area contributed by atoms with Crippen LogP contribution in [0.4, 0.5) is 11.4 Å². The number of nitriles is 2. The van der Waals surface area contributed by atoms with Gasteiger partial charge in [-0.1, -0.05) is 0 Å². The number of ketones is 1. The Hall–Kier alpha value is -4.24. The molecule has 0 aliphatic carbocycles. The molecule has 0 atom stereocenters. The standard InChI is InChI=1S/C17H11N5O4/c1-26-14-5-2-11(3-6-14)17(23)16(10-19)21-20-15-7-4-13(22(24)25)8-12(15)9-18/h2-8,20H,1H3/b21-16+. The Morgan fingerprint density at radius 3 is 2.46 bits per heavy atom. The summed E-state index contributed by atoms with van der Waals surface area (Å²) in [5.74, 6) is -0.0669. The van der Waals surface area contributed by atoms with Gasteiger partial charge in [-0.25, -0.2) is 0 Å². The molecule has 0 fully saturated rings. The number of nitrogens with one attached hydrogen (secondary N) is 1. The van der Waals surface area contributed by atoms with Crippen LogP contribution < -0.4 is 10.2 Å². The monoisotopic (exact) mass is 349 g/mol. The molecule has 0 spiro atoms. The van der Waals surface area contributed by atoms with Crippen LogP contribution in [0.5, 0.6) is 5.75 Å². The van der Waals surface area contributed by atoms with Gasteiger partial charge in [0.15, 0.2) is 0 Å². The van der Waals surface area contributed by atoms with Gasteiger partial charge in [0.25, 0.3) is 5.69 Å². The first-order valence-electron chi connectivity index (χ1n) is 7.11. The number of Topliss-reactive ketones (excluding diaryl/α,β-unsaturated/α-hetero) is 1. The van der Waals surface area contributed by atoms with Gasteiger partial charge >= 0.3 is 0 Å². The van der Waals surface area contributed by atoms with Crippen molar-refractivity contribution in [2.75, 3.05) is 12.5 Å². The molecule has 0 bridgehead atoms. The normalized spacial score (nSPS) is 10.3. The molecular formula is C17H11N5O4. The predicted octanol–water partition coefficient (Wildman–Crippen LogP) is 2.65. The Bertz CT molecular complexity index is 968. The van der Waals surface area contributed by atoms with Crippen molar-refractivity contribution in [3.8, 4) is 17.9 Å². The molecule has 2 rings (SSSR count). The van der Waals surface area contributed by atoms with E-state index >= 15 is 0 Å². The summed E-state index contributed by atoms with van der Waals surface area (Å²) in [6.45, 7) is 0. The van der Waals surface area contributed by atoms with Crippen LogP contribution in [0.2, 0.25) is 0 Å². The second kappa shape index (κ2) is 8.04. The average molecular weight is 349 g/mol. The number of hydrazone groups is 1. The zero-order chi connectivity index (χ0) is 19.1. The van der Waals surface area contributed by atoms with Gasteiger partial charge in [0.05, 0.1) is 23.3 Å². The summed E-state index contributed by atoms with van der Waals surface area (Å²) in [7, 11) is 1.49. The molecule has 0 heterocycles. The van der Waals surface area contributed by atoms with E-state index in [0.29, 0.717) is 5.75 Å². The van der Waals surface area contributed by atoms with Gasteiger partial charge in [0.1, 0.15) is 17.9 Å². The molecule has 2 aromatic rings. The maximum Gasteiger partial charge on any atom is 0.270 e. The highest BCUT2D eigenvalue weighted by molar-refractivity contribution is 6.51. The Kier molecular flexibility index (Phi) is 5.60. The van der Waals surface area contributed by atoms with E-state index in [1.54, 1.807) is 24.3 Å². The van der Waals surface area contributed by atoms with Gasteiger partial charge in [-0.15, -0.1) is 0 Å². The van der Waals surface area contributed by atoms with Crippen LogP contribution in [0.3, 0.4) is 0 Å². The van der Waals surface area contributed by atoms with Gasteiger partial charge < -0.3 is 4.74 Å². The summed E-state index contributed by atoms with van der Waals surface area (Å²) in [5.41, 5.74) is 2.06. The molecule has 128 valence electrons. The number of carbonyl (C=O) groups excluding carboxylic acids is 1. The molecule has 9 heteroatoms. The molecule has 1 N–H and O–H groups in total. The number of ether oxygens (including phenoxy) is 1. The minimum atomic E-state index is -0.637. The number of nitrogens with zero attached hydrogens (tertiary/aromatic N) is 4. The number of anilines is 1. The van der Waals surface area contributed by atoms with E-state index in [4.69, 9.17) is 15.3 Å². The SMILES string of the molecule is COc1ccc(C(=O)/C(C#N)=N/Nc2ccc([N+](=O)[O-])cc2C#N)cc1. The van der Waals surface area contributed by atoms with E-state index in [1.807, 2.05) is 0 Å². The Morgan fingerprint density at radius 1 is 1.23 bits per heavy atom. The van der Waals surface area contributed by atoms with Crippen LogP contribution in [0, 0.1) is 32.8 Å². The zero-order valence-corrected chi connectivity index (χ0v) is 13.5. The highest BCUT2D eigenvalue weighted by Crippen LogP contribution is 2.21. The fraction of sp³-hybridized carbons (Fsp3) is 0.0588. The lowest BCUT2D eigenvalue weighted by Gasteiger charge is -2.04. The van der Waals surface area contributed by atoms with Crippen LogP contribution in [0.15, 0.2) is 47.6 Å². The number of hydrogen-bond donors (Lipinski definition) is 1. The number of benzene rings is 2. The lowest BCUT2D eigenvalue weighted by atomic mass is 10.1. The zero-order valence-electron chi connectivity index (χ0n) is 13.5. The highest BCUT2D eigenvalue weighted by Gasteiger charge is 2.15. The number of hydrogen-bond acceptors (Lipinski definition) is 8. The van der Waals surface area contributed by atoms with Crippen molar-refractivity contribution in [1.29, 1.82) is 10.5 Å². The maximum atomic E-state index is 12.3.